The van der Waals surface area contributed by atoms with Crippen molar-refractivity contribution in [1.29, 1.82) is 0 Å². The predicted octanol–water partition coefficient (Wildman–Crippen LogP) is 2.82. The van der Waals surface area contributed by atoms with Crippen LogP contribution >= 0.6 is 31.9 Å². The standard InChI is InChI=1S/C11H16Br2N4O/c1-3-17(6-7(2)10(14)16-18)11-9(13)4-8(12)5-15-11/h4-5,7,18H,3,6H2,1-2H3,(H2,14,16). The van der Waals surface area contributed by atoms with Crippen molar-refractivity contribution < 1.29 is 5.21 Å². The van der Waals surface area contributed by atoms with E-state index in [1.807, 2.05) is 19.9 Å². The Kier molecular flexibility index (Phi) is 5.87. The molecular formula is C11H16Br2N4O. The van der Waals surface area contributed by atoms with Crippen molar-refractivity contribution in [3.8, 4) is 0 Å². The van der Waals surface area contributed by atoms with Gasteiger partial charge in [0.05, 0.1) is 4.47 Å². The molecule has 5 nitrogen and oxygen atoms in total. The molecule has 1 aromatic heterocycles. The van der Waals surface area contributed by atoms with Gasteiger partial charge in [0.2, 0.25) is 0 Å². The Balaban J connectivity index is 2.89. The lowest BCUT2D eigenvalue weighted by molar-refractivity contribution is 0.314. The normalized spacial score (nSPS) is 13.4. The minimum atomic E-state index is -0.0488. The Morgan fingerprint density at radius 1 is 1.61 bits per heavy atom. The molecule has 0 saturated heterocycles. The summed E-state index contributed by atoms with van der Waals surface area (Å²) in [5.41, 5.74) is 5.59. The van der Waals surface area contributed by atoms with Crippen molar-refractivity contribution in [2.24, 2.45) is 16.8 Å². The average Bonchev–Trinajstić information content (AvgIpc) is 2.35. The maximum Gasteiger partial charge on any atom is 0.143 e. The third kappa shape index (κ3) is 3.84. The lowest BCUT2D eigenvalue weighted by Crippen LogP contribution is -2.35. The molecule has 1 unspecified atom stereocenters. The quantitative estimate of drug-likeness (QED) is 0.357. The second kappa shape index (κ2) is 6.94. The summed E-state index contributed by atoms with van der Waals surface area (Å²) >= 11 is 6.86. The predicted molar refractivity (Wildman–Crippen MR) is 80.1 cm³/mol. The van der Waals surface area contributed by atoms with Gasteiger partial charge in [0, 0.05) is 29.7 Å². The van der Waals surface area contributed by atoms with E-state index in [9.17, 15) is 0 Å². The maximum absolute atomic E-state index is 8.67. The highest BCUT2D eigenvalue weighted by molar-refractivity contribution is 9.11. The molecule has 18 heavy (non-hydrogen) atoms. The maximum atomic E-state index is 8.67. The van der Waals surface area contributed by atoms with Crippen molar-refractivity contribution in [1.82, 2.24) is 4.98 Å². The minimum Gasteiger partial charge on any atom is -0.409 e. The second-order valence-corrected chi connectivity index (χ2v) is 5.69. The van der Waals surface area contributed by atoms with Crippen molar-refractivity contribution in [3.05, 3.63) is 21.2 Å². The molecule has 1 heterocycles. The Bertz CT molecular complexity index is 439. The minimum absolute atomic E-state index is 0.0488. The summed E-state index contributed by atoms with van der Waals surface area (Å²) in [5.74, 6) is 1.02. The van der Waals surface area contributed by atoms with Crippen LogP contribution in [-0.2, 0) is 0 Å². The average molecular weight is 380 g/mol. The van der Waals surface area contributed by atoms with Crippen LogP contribution in [-0.4, -0.2) is 29.1 Å². The molecule has 0 bridgehead atoms. The molecule has 0 radical (unpaired) electrons. The smallest absolute Gasteiger partial charge is 0.143 e. The van der Waals surface area contributed by atoms with Crippen molar-refractivity contribution in [2.75, 3.05) is 18.0 Å². The monoisotopic (exact) mass is 378 g/mol. The van der Waals surface area contributed by atoms with E-state index in [2.05, 4.69) is 46.9 Å². The molecule has 3 N–H and O–H groups in total. The molecule has 7 heteroatoms. The van der Waals surface area contributed by atoms with Crippen LogP contribution in [0, 0.1) is 5.92 Å². The summed E-state index contributed by atoms with van der Waals surface area (Å²) < 4.78 is 1.82. The number of anilines is 1. The second-order valence-electron chi connectivity index (χ2n) is 3.92. The van der Waals surface area contributed by atoms with Crippen molar-refractivity contribution >= 4 is 43.5 Å². The van der Waals surface area contributed by atoms with Crippen LogP contribution in [0.15, 0.2) is 26.4 Å². The molecule has 1 atom stereocenters. The summed E-state index contributed by atoms with van der Waals surface area (Å²) in [5, 5.41) is 11.7. The van der Waals surface area contributed by atoms with Gasteiger partial charge >= 0.3 is 0 Å². The van der Waals surface area contributed by atoms with E-state index in [4.69, 9.17) is 10.9 Å². The zero-order valence-electron chi connectivity index (χ0n) is 10.3. The number of oxime groups is 1. The molecule has 1 rings (SSSR count). The Hall–Kier alpha value is -0.820. The zero-order valence-corrected chi connectivity index (χ0v) is 13.4. The third-order valence-corrected chi connectivity index (χ3v) is 3.60. The van der Waals surface area contributed by atoms with Crippen LogP contribution in [0.5, 0.6) is 0 Å². The molecule has 0 aliphatic heterocycles. The van der Waals surface area contributed by atoms with E-state index in [1.54, 1.807) is 6.20 Å². The van der Waals surface area contributed by atoms with Crippen molar-refractivity contribution in [2.45, 2.75) is 13.8 Å². The summed E-state index contributed by atoms with van der Waals surface area (Å²) in [6.45, 7) is 5.37. The van der Waals surface area contributed by atoms with E-state index < -0.39 is 0 Å². The van der Waals surface area contributed by atoms with E-state index in [0.29, 0.717) is 6.54 Å². The van der Waals surface area contributed by atoms with Gasteiger partial charge in [0.1, 0.15) is 11.7 Å². The largest absolute Gasteiger partial charge is 0.409 e. The zero-order chi connectivity index (χ0) is 13.7. The number of nitrogens with two attached hydrogens (primary N) is 1. The molecule has 0 aliphatic carbocycles. The summed E-state index contributed by atoms with van der Waals surface area (Å²) in [7, 11) is 0. The topological polar surface area (TPSA) is 74.7 Å². The van der Waals surface area contributed by atoms with Crippen LogP contribution in [0.2, 0.25) is 0 Å². The summed E-state index contributed by atoms with van der Waals surface area (Å²) in [6, 6.07) is 1.94. The Morgan fingerprint density at radius 3 is 2.78 bits per heavy atom. The van der Waals surface area contributed by atoms with Gasteiger partial charge in [0.25, 0.3) is 0 Å². The molecule has 0 spiro atoms. The lowest BCUT2D eigenvalue weighted by atomic mass is 10.1. The first-order valence-corrected chi connectivity index (χ1v) is 7.11. The summed E-state index contributed by atoms with van der Waals surface area (Å²) in [6.07, 6.45) is 1.75. The van der Waals surface area contributed by atoms with E-state index in [1.165, 1.54) is 0 Å². The van der Waals surface area contributed by atoms with Gasteiger partial charge in [-0.25, -0.2) is 4.98 Å². The molecule has 0 aliphatic rings. The van der Waals surface area contributed by atoms with Crippen LogP contribution in [0.25, 0.3) is 0 Å². The van der Waals surface area contributed by atoms with Gasteiger partial charge in [-0.05, 0) is 44.8 Å². The first-order valence-electron chi connectivity index (χ1n) is 5.53. The first-order chi connectivity index (χ1) is 8.49. The Labute approximate surface area is 123 Å². The number of aromatic nitrogens is 1. The van der Waals surface area contributed by atoms with E-state index >= 15 is 0 Å². The Morgan fingerprint density at radius 2 is 2.28 bits per heavy atom. The molecule has 0 saturated carbocycles. The molecular weight excluding hydrogens is 364 g/mol. The summed E-state index contributed by atoms with van der Waals surface area (Å²) in [4.78, 5) is 6.44. The number of hydrogen-bond acceptors (Lipinski definition) is 4. The molecule has 0 fully saturated rings. The van der Waals surface area contributed by atoms with Crippen LogP contribution in [0.4, 0.5) is 5.82 Å². The number of hydrogen-bond donors (Lipinski definition) is 2. The SMILES string of the molecule is CCN(CC(C)C(N)=NO)c1ncc(Br)cc1Br. The van der Waals surface area contributed by atoms with Gasteiger partial charge < -0.3 is 15.8 Å². The lowest BCUT2D eigenvalue weighted by Gasteiger charge is -2.25. The van der Waals surface area contributed by atoms with Gasteiger partial charge in [-0.15, -0.1) is 0 Å². The number of halogens is 2. The number of rotatable bonds is 5. The molecule has 0 amide bonds. The van der Waals surface area contributed by atoms with Gasteiger partial charge in [-0.2, -0.15) is 0 Å². The highest BCUT2D eigenvalue weighted by atomic mass is 79.9. The number of nitrogens with zero attached hydrogens (tertiary/aromatic N) is 3. The van der Waals surface area contributed by atoms with E-state index in [0.717, 1.165) is 21.3 Å². The van der Waals surface area contributed by atoms with Gasteiger partial charge in [-0.3, -0.25) is 0 Å². The number of amidine groups is 1. The fourth-order valence-electron chi connectivity index (χ4n) is 1.53. The van der Waals surface area contributed by atoms with Crippen LogP contribution < -0.4 is 10.6 Å². The van der Waals surface area contributed by atoms with Gasteiger partial charge in [0.15, 0.2) is 0 Å². The fraction of sp³-hybridized carbons (Fsp3) is 0.455. The first kappa shape index (κ1) is 15.2. The molecule has 1 aromatic rings. The highest BCUT2D eigenvalue weighted by Gasteiger charge is 2.16. The highest BCUT2D eigenvalue weighted by Crippen LogP contribution is 2.27. The van der Waals surface area contributed by atoms with Crippen LogP contribution in [0.1, 0.15) is 13.8 Å². The fourth-order valence-corrected chi connectivity index (χ4v) is 2.77. The third-order valence-electron chi connectivity index (χ3n) is 2.58. The number of pyridine rings is 1. The van der Waals surface area contributed by atoms with Gasteiger partial charge in [-0.1, -0.05) is 12.1 Å². The van der Waals surface area contributed by atoms with E-state index in [-0.39, 0.29) is 11.8 Å². The molecule has 100 valence electrons. The van der Waals surface area contributed by atoms with Crippen LogP contribution in [0.3, 0.4) is 0 Å². The molecule has 0 aromatic carbocycles. The van der Waals surface area contributed by atoms with Crippen molar-refractivity contribution in [3.63, 3.8) is 0 Å².